The molecule has 0 aromatic heterocycles. The Bertz CT molecular complexity index is 993. The Morgan fingerprint density at radius 2 is 1.90 bits per heavy atom. The zero-order chi connectivity index (χ0) is 21.6. The number of aryl methyl sites for hydroxylation is 1. The fourth-order valence-corrected chi connectivity index (χ4v) is 4.08. The zero-order valence-electron chi connectivity index (χ0n) is 16.8. The zero-order valence-corrected chi connectivity index (χ0v) is 18.4. The normalized spacial score (nSPS) is 11.2. The minimum atomic E-state index is -3.65. The highest BCUT2D eigenvalue weighted by Gasteiger charge is 2.18. The van der Waals surface area contributed by atoms with Gasteiger partial charge in [0.25, 0.3) is 5.91 Å². The summed E-state index contributed by atoms with van der Waals surface area (Å²) in [5.74, 6) is 0.530. The molecule has 2 aromatic carbocycles. The summed E-state index contributed by atoms with van der Waals surface area (Å²) in [4.78, 5) is 12.7. The van der Waals surface area contributed by atoms with Gasteiger partial charge in [-0.3, -0.25) is 4.79 Å². The van der Waals surface area contributed by atoms with Crippen LogP contribution in [0.3, 0.4) is 0 Å². The Morgan fingerprint density at radius 1 is 1.17 bits per heavy atom. The summed E-state index contributed by atoms with van der Waals surface area (Å²) in [5, 5.41) is 3.17. The van der Waals surface area contributed by atoms with Crippen molar-refractivity contribution in [1.82, 2.24) is 10.0 Å². The van der Waals surface area contributed by atoms with E-state index in [2.05, 4.69) is 10.0 Å². The SMILES string of the molecule is CCNS(=O)(=O)c1ccc(C)c(C(=O)NCc2cc(Cl)c(OCC)c(OC)c2)c1. The summed E-state index contributed by atoms with van der Waals surface area (Å²) in [6.45, 7) is 6.17. The monoisotopic (exact) mass is 440 g/mol. The maximum atomic E-state index is 12.7. The van der Waals surface area contributed by atoms with Gasteiger partial charge in [0.05, 0.1) is 23.6 Å². The van der Waals surface area contributed by atoms with Gasteiger partial charge in [0.1, 0.15) is 0 Å². The fourth-order valence-electron chi connectivity index (χ4n) is 2.72. The first-order valence-electron chi connectivity index (χ1n) is 9.11. The molecule has 0 saturated carbocycles. The van der Waals surface area contributed by atoms with Crippen molar-refractivity contribution in [2.24, 2.45) is 0 Å². The van der Waals surface area contributed by atoms with E-state index >= 15 is 0 Å². The first-order chi connectivity index (χ1) is 13.7. The largest absolute Gasteiger partial charge is 0.493 e. The quantitative estimate of drug-likeness (QED) is 0.624. The van der Waals surface area contributed by atoms with Gasteiger partial charge in [-0.2, -0.15) is 0 Å². The van der Waals surface area contributed by atoms with E-state index in [4.69, 9.17) is 21.1 Å². The lowest BCUT2D eigenvalue weighted by molar-refractivity contribution is 0.0950. The maximum Gasteiger partial charge on any atom is 0.251 e. The number of hydrogen-bond donors (Lipinski definition) is 2. The smallest absolute Gasteiger partial charge is 0.251 e. The number of amides is 1. The van der Waals surface area contributed by atoms with E-state index in [1.807, 2.05) is 6.92 Å². The van der Waals surface area contributed by atoms with E-state index in [1.165, 1.54) is 19.2 Å². The van der Waals surface area contributed by atoms with Crippen molar-refractivity contribution in [3.63, 3.8) is 0 Å². The van der Waals surface area contributed by atoms with E-state index in [1.54, 1.807) is 32.0 Å². The van der Waals surface area contributed by atoms with E-state index in [9.17, 15) is 13.2 Å². The predicted octanol–water partition coefficient (Wildman–Crippen LogP) is 3.28. The van der Waals surface area contributed by atoms with E-state index in [0.29, 0.717) is 28.7 Å². The molecule has 0 atom stereocenters. The molecule has 158 valence electrons. The molecule has 7 nitrogen and oxygen atoms in total. The fraction of sp³-hybridized carbons (Fsp3) is 0.350. The molecule has 0 spiro atoms. The number of halogens is 1. The first kappa shape index (κ1) is 23.0. The summed E-state index contributed by atoms with van der Waals surface area (Å²) in [5.41, 5.74) is 1.67. The third-order valence-electron chi connectivity index (χ3n) is 4.13. The van der Waals surface area contributed by atoms with Gasteiger partial charge in [-0.05, 0) is 49.2 Å². The Balaban J connectivity index is 2.22. The van der Waals surface area contributed by atoms with Crippen molar-refractivity contribution in [3.05, 3.63) is 52.0 Å². The number of carbonyl (C=O) groups excluding carboxylic acids is 1. The molecule has 2 rings (SSSR count). The summed E-state index contributed by atoms with van der Waals surface area (Å²) in [6, 6.07) is 7.87. The molecular weight excluding hydrogens is 416 g/mol. The van der Waals surface area contributed by atoms with Gasteiger partial charge >= 0.3 is 0 Å². The van der Waals surface area contributed by atoms with Crippen molar-refractivity contribution in [2.45, 2.75) is 32.2 Å². The number of rotatable bonds is 9. The number of benzene rings is 2. The van der Waals surface area contributed by atoms with Gasteiger partial charge in [0.2, 0.25) is 10.0 Å². The number of ether oxygens (including phenoxy) is 2. The molecule has 0 aliphatic carbocycles. The average Bonchev–Trinajstić information content (AvgIpc) is 2.68. The summed E-state index contributed by atoms with van der Waals surface area (Å²) in [6.07, 6.45) is 0. The number of nitrogens with one attached hydrogen (secondary N) is 2. The highest BCUT2D eigenvalue weighted by Crippen LogP contribution is 2.36. The molecule has 29 heavy (non-hydrogen) atoms. The average molecular weight is 441 g/mol. The predicted molar refractivity (Wildman–Crippen MR) is 112 cm³/mol. The topological polar surface area (TPSA) is 93.7 Å². The summed E-state index contributed by atoms with van der Waals surface area (Å²) in [7, 11) is -2.14. The second-order valence-electron chi connectivity index (χ2n) is 6.20. The number of methoxy groups -OCH3 is 1. The number of sulfonamides is 1. The second-order valence-corrected chi connectivity index (χ2v) is 8.38. The van der Waals surface area contributed by atoms with Crippen LogP contribution in [-0.4, -0.2) is 34.6 Å². The molecule has 0 bridgehead atoms. The van der Waals surface area contributed by atoms with Gasteiger partial charge in [0.15, 0.2) is 11.5 Å². The van der Waals surface area contributed by atoms with Crippen molar-refractivity contribution < 1.29 is 22.7 Å². The molecule has 2 N–H and O–H groups in total. The Morgan fingerprint density at radius 3 is 2.52 bits per heavy atom. The molecule has 9 heteroatoms. The molecule has 0 heterocycles. The minimum absolute atomic E-state index is 0.0425. The lowest BCUT2D eigenvalue weighted by Gasteiger charge is -2.14. The summed E-state index contributed by atoms with van der Waals surface area (Å²) < 4.78 is 37.6. The van der Waals surface area contributed by atoms with E-state index < -0.39 is 10.0 Å². The molecule has 0 fully saturated rings. The van der Waals surface area contributed by atoms with Crippen LogP contribution in [0.25, 0.3) is 0 Å². The van der Waals surface area contributed by atoms with Crippen LogP contribution in [0.5, 0.6) is 11.5 Å². The van der Waals surface area contributed by atoms with Crippen LogP contribution >= 0.6 is 11.6 Å². The standard InChI is InChI=1S/C20H25ClN2O5S/c1-5-23-29(25,26)15-8-7-13(3)16(11-15)20(24)22-12-14-9-17(21)19(28-6-2)18(10-14)27-4/h7-11,23H,5-6,12H2,1-4H3,(H,22,24). The van der Waals surface area contributed by atoms with Crippen LogP contribution in [0.15, 0.2) is 35.2 Å². The number of hydrogen-bond acceptors (Lipinski definition) is 5. The molecule has 0 unspecified atom stereocenters. The van der Waals surface area contributed by atoms with Gasteiger partial charge < -0.3 is 14.8 Å². The van der Waals surface area contributed by atoms with Crippen molar-refractivity contribution in [2.75, 3.05) is 20.3 Å². The third-order valence-corrected chi connectivity index (χ3v) is 5.95. The van der Waals surface area contributed by atoms with Crippen molar-refractivity contribution in [3.8, 4) is 11.5 Å². The highest BCUT2D eigenvalue weighted by molar-refractivity contribution is 7.89. The van der Waals surface area contributed by atoms with Crippen molar-refractivity contribution >= 4 is 27.5 Å². The third kappa shape index (κ3) is 5.62. The van der Waals surface area contributed by atoms with Gasteiger partial charge in [-0.15, -0.1) is 0 Å². The molecule has 0 saturated heterocycles. The van der Waals surface area contributed by atoms with Crippen LogP contribution in [0, 0.1) is 6.92 Å². The van der Waals surface area contributed by atoms with Crippen LogP contribution in [0.4, 0.5) is 0 Å². The first-order valence-corrected chi connectivity index (χ1v) is 11.0. The van der Waals surface area contributed by atoms with Crippen LogP contribution in [0.1, 0.15) is 35.3 Å². The Kier molecular flexibility index (Phi) is 7.89. The second kappa shape index (κ2) is 9.96. The van der Waals surface area contributed by atoms with Crippen molar-refractivity contribution in [1.29, 1.82) is 0 Å². The van der Waals surface area contributed by atoms with Crippen LogP contribution in [-0.2, 0) is 16.6 Å². The molecule has 0 radical (unpaired) electrons. The van der Waals surface area contributed by atoms with Crippen LogP contribution in [0.2, 0.25) is 5.02 Å². The number of carbonyl (C=O) groups is 1. The minimum Gasteiger partial charge on any atom is -0.493 e. The Labute approximate surface area is 176 Å². The Hall–Kier alpha value is -2.29. The van der Waals surface area contributed by atoms with Crippen LogP contribution < -0.4 is 19.5 Å². The highest BCUT2D eigenvalue weighted by atomic mass is 35.5. The van der Waals surface area contributed by atoms with Gasteiger partial charge in [-0.25, -0.2) is 13.1 Å². The summed E-state index contributed by atoms with van der Waals surface area (Å²) >= 11 is 6.26. The molecule has 1 amide bonds. The molecule has 0 aliphatic heterocycles. The lowest BCUT2D eigenvalue weighted by atomic mass is 10.1. The lowest BCUT2D eigenvalue weighted by Crippen LogP contribution is -2.26. The molecular formula is C20H25ClN2O5S. The van der Waals surface area contributed by atoms with Gasteiger partial charge in [-0.1, -0.05) is 24.6 Å². The molecule has 0 aliphatic rings. The van der Waals surface area contributed by atoms with E-state index in [0.717, 1.165) is 5.56 Å². The van der Waals surface area contributed by atoms with E-state index in [-0.39, 0.29) is 29.5 Å². The maximum absolute atomic E-state index is 12.7. The van der Waals surface area contributed by atoms with Gasteiger partial charge in [0, 0.05) is 18.7 Å². The molecule has 2 aromatic rings.